The number of ether oxygens (including phenoxy) is 2. The second kappa shape index (κ2) is 10.9. The van der Waals surface area contributed by atoms with Crippen molar-refractivity contribution in [3.05, 3.63) is 59.2 Å². The summed E-state index contributed by atoms with van der Waals surface area (Å²) in [5.41, 5.74) is 1.96. The minimum Gasteiger partial charge on any atom is -0.493 e. The van der Waals surface area contributed by atoms with Crippen LogP contribution >= 0.6 is 0 Å². The van der Waals surface area contributed by atoms with Crippen LogP contribution in [0.5, 0.6) is 5.75 Å². The van der Waals surface area contributed by atoms with E-state index in [0.717, 1.165) is 11.3 Å². The number of hydrogen-bond acceptors (Lipinski definition) is 5. The standard InChI is InChI=1S/C24H32N2O5S/c1-4-20-7-8-21(15-23(20)32(28,29)26-11-13-30-14-12-26)24(27)25-16-19-5-9-22(10-6-19)31-17-18(2)3/h5-10,15,18H,4,11-14,16-17H2,1-3H3,(H,25,27). The summed E-state index contributed by atoms with van der Waals surface area (Å²) in [6.45, 7) is 8.47. The molecule has 0 aromatic heterocycles. The van der Waals surface area contributed by atoms with Gasteiger partial charge in [0, 0.05) is 25.2 Å². The van der Waals surface area contributed by atoms with Crippen LogP contribution in [0.3, 0.4) is 0 Å². The van der Waals surface area contributed by atoms with Gasteiger partial charge in [0.15, 0.2) is 0 Å². The van der Waals surface area contributed by atoms with Gasteiger partial charge in [-0.05, 0) is 47.7 Å². The van der Waals surface area contributed by atoms with E-state index in [0.29, 0.717) is 62.9 Å². The molecule has 1 fully saturated rings. The molecule has 1 aliphatic rings. The summed E-state index contributed by atoms with van der Waals surface area (Å²) in [4.78, 5) is 12.9. The van der Waals surface area contributed by atoms with E-state index < -0.39 is 10.0 Å². The number of nitrogens with zero attached hydrogens (tertiary/aromatic N) is 1. The monoisotopic (exact) mass is 460 g/mol. The van der Waals surface area contributed by atoms with E-state index in [1.807, 2.05) is 31.2 Å². The molecule has 3 rings (SSSR count). The average Bonchev–Trinajstić information content (AvgIpc) is 2.82. The number of amides is 1. The Morgan fingerprint density at radius 2 is 1.81 bits per heavy atom. The molecule has 32 heavy (non-hydrogen) atoms. The molecule has 1 aliphatic heterocycles. The fourth-order valence-electron chi connectivity index (χ4n) is 3.40. The number of aryl methyl sites for hydroxylation is 1. The van der Waals surface area contributed by atoms with Gasteiger partial charge in [0.05, 0.1) is 24.7 Å². The van der Waals surface area contributed by atoms with Gasteiger partial charge in [-0.2, -0.15) is 4.31 Å². The van der Waals surface area contributed by atoms with Gasteiger partial charge in [-0.15, -0.1) is 0 Å². The summed E-state index contributed by atoms with van der Waals surface area (Å²) in [7, 11) is -3.68. The third-order valence-electron chi connectivity index (χ3n) is 5.26. The Labute approximate surface area is 190 Å². The van der Waals surface area contributed by atoms with Crippen LogP contribution in [0, 0.1) is 5.92 Å². The summed E-state index contributed by atoms with van der Waals surface area (Å²) in [6.07, 6.45) is 0.562. The van der Waals surface area contributed by atoms with Gasteiger partial charge in [0.1, 0.15) is 5.75 Å². The number of hydrogen-bond donors (Lipinski definition) is 1. The van der Waals surface area contributed by atoms with Gasteiger partial charge in [0.25, 0.3) is 5.91 Å². The molecule has 2 aromatic carbocycles. The molecule has 0 unspecified atom stereocenters. The molecule has 0 radical (unpaired) electrons. The van der Waals surface area contributed by atoms with Gasteiger partial charge in [-0.25, -0.2) is 8.42 Å². The second-order valence-electron chi connectivity index (χ2n) is 8.22. The maximum atomic E-state index is 13.2. The topological polar surface area (TPSA) is 84.9 Å². The first kappa shape index (κ1) is 24.2. The van der Waals surface area contributed by atoms with Crippen molar-refractivity contribution in [1.29, 1.82) is 0 Å². The number of carbonyl (C=O) groups excluding carboxylic acids is 1. The zero-order valence-corrected chi connectivity index (χ0v) is 19.8. The van der Waals surface area contributed by atoms with Crippen LogP contribution in [0.4, 0.5) is 0 Å². The Balaban J connectivity index is 1.70. The third-order valence-corrected chi connectivity index (χ3v) is 7.24. The van der Waals surface area contributed by atoms with Crippen LogP contribution in [0.1, 0.15) is 42.3 Å². The Hall–Kier alpha value is -2.42. The predicted octanol–water partition coefficient (Wildman–Crippen LogP) is 3.23. The number of sulfonamides is 1. The molecule has 1 saturated heterocycles. The molecule has 1 heterocycles. The Kier molecular flexibility index (Phi) is 8.28. The first-order valence-electron chi connectivity index (χ1n) is 11.0. The lowest BCUT2D eigenvalue weighted by atomic mass is 10.1. The van der Waals surface area contributed by atoms with Crippen LogP contribution in [-0.2, 0) is 27.7 Å². The van der Waals surface area contributed by atoms with E-state index in [1.54, 1.807) is 12.1 Å². The summed E-state index contributed by atoms with van der Waals surface area (Å²) < 4.78 is 38.7. The smallest absolute Gasteiger partial charge is 0.251 e. The zero-order valence-electron chi connectivity index (χ0n) is 19.0. The molecule has 0 bridgehead atoms. The Bertz CT molecular complexity index is 1010. The number of benzene rings is 2. The predicted molar refractivity (Wildman–Crippen MR) is 123 cm³/mol. The van der Waals surface area contributed by atoms with E-state index >= 15 is 0 Å². The fourth-order valence-corrected chi connectivity index (χ4v) is 5.13. The molecule has 0 saturated carbocycles. The first-order valence-corrected chi connectivity index (χ1v) is 12.5. The SMILES string of the molecule is CCc1ccc(C(=O)NCc2ccc(OCC(C)C)cc2)cc1S(=O)(=O)N1CCOCC1. The highest BCUT2D eigenvalue weighted by Crippen LogP contribution is 2.23. The molecular formula is C24H32N2O5S. The van der Waals surface area contributed by atoms with Gasteiger partial charge in [-0.3, -0.25) is 4.79 Å². The van der Waals surface area contributed by atoms with E-state index in [9.17, 15) is 13.2 Å². The maximum absolute atomic E-state index is 13.2. The third kappa shape index (κ3) is 6.09. The summed E-state index contributed by atoms with van der Waals surface area (Å²) in [6, 6.07) is 12.5. The Morgan fingerprint density at radius 1 is 1.12 bits per heavy atom. The van der Waals surface area contributed by atoms with Crippen molar-refractivity contribution in [3.8, 4) is 5.75 Å². The van der Waals surface area contributed by atoms with E-state index in [4.69, 9.17) is 9.47 Å². The number of carbonyl (C=O) groups is 1. The maximum Gasteiger partial charge on any atom is 0.251 e. The molecule has 1 amide bonds. The van der Waals surface area contributed by atoms with Crippen molar-refractivity contribution in [1.82, 2.24) is 9.62 Å². The van der Waals surface area contributed by atoms with Crippen molar-refractivity contribution < 1.29 is 22.7 Å². The molecule has 2 aromatic rings. The van der Waals surface area contributed by atoms with Crippen molar-refractivity contribution in [2.24, 2.45) is 5.92 Å². The van der Waals surface area contributed by atoms with E-state index in [1.165, 1.54) is 10.4 Å². The lowest BCUT2D eigenvalue weighted by Gasteiger charge is -2.27. The lowest BCUT2D eigenvalue weighted by Crippen LogP contribution is -2.41. The highest BCUT2D eigenvalue weighted by Gasteiger charge is 2.29. The first-order chi connectivity index (χ1) is 15.3. The van der Waals surface area contributed by atoms with Gasteiger partial charge >= 0.3 is 0 Å². The molecule has 1 N–H and O–H groups in total. The second-order valence-corrected chi connectivity index (χ2v) is 10.1. The highest BCUT2D eigenvalue weighted by molar-refractivity contribution is 7.89. The molecule has 0 aliphatic carbocycles. The number of nitrogens with one attached hydrogen (secondary N) is 1. The molecule has 8 heteroatoms. The van der Waals surface area contributed by atoms with Crippen LogP contribution in [-0.4, -0.2) is 51.5 Å². The van der Waals surface area contributed by atoms with E-state index in [2.05, 4.69) is 19.2 Å². The summed E-state index contributed by atoms with van der Waals surface area (Å²) in [5.74, 6) is 0.929. The number of morpholine rings is 1. The van der Waals surface area contributed by atoms with Gasteiger partial charge in [0.2, 0.25) is 10.0 Å². The van der Waals surface area contributed by atoms with E-state index in [-0.39, 0.29) is 10.8 Å². The number of rotatable bonds is 9. The van der Waals surface area contributed by atoms with Crippen molar-refractivity contribution in [2.75, 3.05) is 32.9 Å². The molecule has 0 atom stereocenters. The van der Waals surface area contributed by atoms with Gasteiger partial charge < -0.3 is 14.8 Å². The minimum absolute atomic E-state index is 0.196. The van der Waals surface area contributed by atoms with Crippen molar-refractivity contribution in [2.45, 2.75) is 38.6 Å². The minimum atomic E-state index is -3.68. The summed E-state index contributed by atoms with van der Waals surface area (Å²) >= 11 is 0. The molecule has 0 spiro atoms. The molecular weight excluding hydrogens is 428 g/mol. The highest BCUT2D eigenvalue weighted by atomic mass is 32.2. The average molecular weight is 461 g/mol. The van der Waals surface area contributed by atoms with Gasteiger partial charge in [-0.1, -0.05) is 39.0 Å². The lowest BCUT2D eigenvalue weighted by molar-refractivity contribution is 0.0730. The van der Waals surface area contributed by atoms with Crippen LogP contribution in [0.2, 0.25) is 0 Å². The molecule has 7 nitrogen and oxygen atoms in total. The van der Waals surface area contributed by atoms with Crippen LogP contribution < -0.4 is 10.1 Å². The van der Waals surface area contributed by atoms with Crippen molar-refractivity contribution in [3.63, 3.8) is 0 Å². The van der Waals surface area contributed by atoms with Crippen molar-refractivity contribution >= 4 is 15.9 Å². The Morgan fingerprint density at radius 3 is 2.44 bits per heavy atom. The van der Waals surface area contributed by atoms with Crippen LogP contribution in [0.15, 0.2) is 47.4 Å². The largest absolute Gasteiger partial charge is 0.493 e. The quantitative estimate of drug-likeness (QED) is 0.621. The van der Waals surface area contributed by atoms with Crippen LogP contribution in [0.25, 0.3) is 0 Å². The zero-order chi connectivity index (χ0) is 23.1. The fraction of sp³-hybridized carbons (Fsp3) is 0.458. The summed E-state index contributed by atoms with van der Waals surface area (Å²) in [5, 5.41) is 2.87. The normalized spacial score (nSPS) is 15.0. The molecule has 174 valence electrons.